The highest BCUT2D eigenvalue weighted by molar-refractivity contribution is 5.92. The first-order valence-corrected chi connectivity index (χ1v) is 6.23. The molecule has 18 heavy (non-hydrogen) atoms. The first kappa shape index (κ1) is 11.5. The van der Waals surface area contributed by atoms with Gasteiger partial charge in [-0.2, -0.15) is 0 Å². The summed E-state index contributed by atoms with van der Waals surface area (Å²) < 4.78 is 11.0. The van der Waals surface area contributed by atoms with E-state index >= 15 is 0 Å². The molecule has 0 saturated carbocycles. The molecule has 1 aliphatic heterocycles. The van der Waals surface area contributed by atoms with Crippen molar-refractivity contribution in [1.29, 1.82) is 0 Å². The average molecular weight is 243 g/mol. The molecule has 1 aliphatic rings. The predicted molar refractivity (Wildman–Crippen MR) is 72.0 cm³/mol. The predicted octanol–water partition coefficient (Wildman–Crippen LogP) is 2.42. The van der Waals surface area contributed by atoms with Gasteiger partial charge in [0.05, 0.1) is 26.4 Å². The highest BCUT2D eigenvalue weighted by atomic mass is 16.5. The summed E-state index contributed by atoms with van der Waals surface area (Å²) in [5.74, 6) is 0.890. The second kappa shape index (κ2) is 4.59. The fourth-order valence-electron chi connectivity index (χ4n) is 2.68. The lowest BCUT2D eigenvalue weighted by Gasteiger charge is -2.16. The van der Waals surface area contributed by atoms with Crippen LogP contribution in [-0.4, -0.2) is 20.3 Å². The summed E-state index contributed by atoms with van der Waals surface area (Å²) in [6.45, 7) is 1.31. The van der Waals surface area contributed by atoms with E-state index in [1.165, 1.54) is 10.9 Å². The number of nitrogens with two attached hydrogens (primary N) is 1. The Hall–Kier alpha value is -1.58. The summed E-state index contributed by atoms with van der Waals surface area (Å²) in [6, 6.07) is 10.3. The lowest BCUT2D eigenvalue weighted by atomic mass is 9.93. The fourth-order valence-corrected chi connectivity index (χ4v) is 2.68. The van der Waals surface area contributed by atoms with Gasteiger partial charge in [-0.3, -0.25) is 0 Å². The van der Waals surface area contributed by atoms with Crippen molar-refractivity contribution in [2.75, 3.05) is 20.3 Å². The Bertz CT molecular complexity index is 580. The van der Waals surface area contributed by atoms with E-state index in [1.54, 1.807) is 7.11 Å². The molecule has 3 heteroatoms. The quantitative estimate of drug-likeness (QED) is 0.836. The number of benzene rings is 2. The highest BCUT2D eigenvalue weighted by Crippen LogP contribution is 2.35. The number of ether oxygens (including phenoxy) is 2. The summed E-state index contributed by atoms with van der Waals surface area (Å²) in [7, 11) is 1.70. The van der Waals surface area contributed by atoms with Gasteiger partial charge in [0.1, 0.15) is 5.75 Å². The van der Waals surface area contributed by atoms with E-state index in [4.69, 9.17) is 15.2 Å². The van der Waals surface area contributed by atoms with E-state index in [1.807, 2.05) is 6.07 Å². The van der Waals surface area contributed by atoms with Gasteiger partial charge in [-0.1, -0.05) is 24.3 Å². The van der Waals surface area contributed by atoms with Gasteiger partial charge >= 0.3 is 0 Å². The van der Waals surface area contributed by atoms with Gasteiger partial charge in [-0.05, 0) is 29.0 Å². The Balaban J connectivity index is 2.33. The normalized spacial score (nSPS) is 19.3. The Kier molecular flexibility index (Phi) is 2.94. The first-order valence-electron chi connectivity index (χ1n) is 6.23. The van der Waals surface area contributed by atoms with Crippen molar-refractivity contribution in [3.63, 3.8) is 0 Å². The van der Waals surface area contributed by atoms with Gasteiger partial charge in [0, 0.05) is 5.39 Å². The van der Waals surface area contributed by atoms with Crippen LogP contribution in [0.4, 0.5) is 0 Å². The number of rotatable bonds is 1. The van der Waals surface area contributed by atoms with Gasteiger partial charge < -0.3 is 15.2 Å². The zero-order chi connectivity index (χ0) is 12.5. The van der Waals surface area contributed by atoms with E-state index in [9.17, 15) is 0 Å². The van der Waals surface area contributed by atoms with Gasteiger partial charge in [0.2, 0.25) is 0 Å². The molecule has 0 fully saturated rings. The average Bonchev–Trinajstić information content (AvgIpc) is 2.60. The van der Waals surface area contributed by atoms with Crippen molar-refractivity contribution >= 4 is 10.8 Å². The molecule has 3 rings (SSSR count). The Morgan fingerprint density at radius 3 is 2.83 bits per heavy atom. The standard InChI is InChI=1S/C15H17NO2/c1-17-15-8-13-11(6-7-18-9-14(13)16)10-4-2-3-5-12(10)15/h2-5,8,14H,6-7,9,16H2,1H3. The van der Waals surface area contributed by atoms with Crippen LogP contribution < -0.4 is 10.5 Å². The van der Waals surface area contributed by atoms with Crippen LogP contribution in [-0.2, 0) is 11.2 Å². The van der Waals surface area contributed by atoms with Crippen LogP contribution >= 0.6 is 0 Å². The number of fused-ring (bicyclic) bond motifs is 3. The minimum atomic E-state index is -0.0685. The molecule has 0 radical (unpaired) electrons. The van der Waals surface area contributed by atoms with Crippen LogP contribution in [0.25, 0.3) is 10.8 Å². The minimum absolute atomic E-state index is 0.0685. The Morgan fingerprint density at radius 1 is 1.28 bits per heavy atom. The van der Waals surface area contributed by atoms with Gasteiger partial charge in [-0.15, -0.1) is 0 Å². The Morgan fingerprint density at radius 2 is 2.06 bits per heavy atom. The number of hydrogen-bond acceptors (Lipinski definition) is 3. The second-order valence-corrected chi connectivity index (χ2v) is 4.62. The van der Waals surface area contributed by atoms with Crippen LogP contribution in [0.2, 0.25) is 0 Å². The van der Waals surface area contributed by atoms with Crippen molar-refractivity contribution in [2.45, 2.75) is 12.5 Å². The van der Waals surface area contributed by atoms with Crippen molar-refractivity contribution in [3.8, 4) is 5.75 Å². The van der Waals surface area contributed by atoms with Crippen LogP contribution in [0.1, 0.15) is 17.2 Å². The molecule has 3 nitrogen and oxygen atoms in total. The molecule has 2 aromatic rings. The third-order valence-corrected chi connectivity index (χ3v) is 3.57. The molecule has 1 heterocycles. The van der Waals surface area contributed by atoms with Crippen LogP contribution in [0.3, 0.4) is 0 Å². The lowest BCUT2D eigenvalue weighted by Crippen LogP contribution is -2.16. The van der Waals surface area contributed by atoms with E-state index in [0.717, 1.165) is 29.7 Å². The molecule has 2 aromatic carbocycles. The van der Waals surface area contributed by atoms with E-state index in [-0.39, 0.29) is 6.04 Å². The van der Waals surface area contributed by atoms with Crippen molar-refractivity contribution < 1.29 is 9.47 Å². The van der Waals surface area contributed by atoms with Gasteiger partial charge in [0.25, 0.3) is 0 Å². The molecule has 94 valence electrons. The zero-order valence-corrected chi connectivity index (χ0v) is 10.5. The summed E-state index contributed by atoms with van der Waals surface area (Å²) in [5.41, 5.74) is 8.64. The van der Waals surface area contributed by atoms with E-state index in [2.05, 4.69) is 24.3 Å². The van der Waals surface area contributed by atoms with Crippen LogP contribution in [0.5, 0.6) is 5.75 Å². The maximum absolute atomic E-state index is 6.18. The van der Waals surface area contributed by atoms with Crippen LogP contribution in [0, 0.1) is 0 Å². The summed E-state index contributed by atoms with van der Waals surface area (Å²) >= 11 is 0. The maximum atomic E-state index is 6.18. The lowest BCUT2D eigenvalue weighted by molar-refractivity contribution is 0.131. The van der Waals surface area contributed by atoms with Crippen LogP contribution in [0.15, 0.2) is 30.3 Å². The maximum Gasteiger partial charge on any atom is 0.127 e. The van der Waals surface area contributed by atoms with Gasteiger partial charge in [-0.25, -0.2) is 0 Å². The molecule has 1 unspecified atom stereocenters. The molecule has 0 aromatic heterocycles. The Labute approximate surface area is 106 Å². The highest BCUT2D eigenvalue weighted by Gasteiger charge is 2.19. The molecule has 0 amide bonds. The van der Waals surface area contributed by atoms with Crippen molar-refractivity contribution in [2.24, 2.45) is 5.73 Å². The molecular weight excluding hydrogens is 226 g/mol. The van der Waals surface area contributed by atoms with Crippen molar-refractivity contribution in [3.05, 3.63) is 41.5 Å². The molecular formula is C15H17NO2. The summed E-state index contributed by atoms with van der Waals surface area (Å²) in [5, 5.41) is 2.38. The second-order valence-electron chi connectivity index (χ2n) is 4.62. The topological polar surface area (TPSA) is 44.5 Å². The molecule has 2 N–H and O–H groups in total. The van der Waals surface area contributed by atoms with Crippen molar-refractivity contribution in [1.82, 2.24) is 0 Å². The zero-order valence-electron chi connectivity index (χ0n) is 10.5. The van der Waals surface area contributed by atoms with Gasteiger partial charge in [0.15, 0.2) is 0 Å². The SMILES string of the molecule is COc1cc2c(c3ccccc13)CCOCC2N. The molecule has 0 bridgehead atoms. The third-order valence-electron chi connectivity index (χ3n) is 3.57. The number of hydrogen-bond donors (Lipinski definition) is 1. The summed E-state index contributed by atoms with van der Waals surface area (Å²) in [6.07, 6.45) is 0.910. The van der Waals surface area contributed by atoms with E-state index in [0.29, 0.717) is 6.61 Å². The molecule has 0 aliphatic carbocycles. The number of methoxy groups -OCH3 is 1. The minimum Gasteiger partial charge on any atom is -0.496 e. The van der Waals surface area contributed by atoms with E-state index < -0.39 is 0 Å². The third kappa shape index (κ3) is 1.76. The monoisotopic (exact) mass is 243 g/mol. The molecule has 0 saturated heterocycles. The first-order chi connectivity index (χ1) is 8.81. The smallest absolute Gasteiger partial charge is 0.127 e. The molecule has 0 spiro atoms. The summed E-state index contributed by atoms with van der Waals surface area (Å²) in [4.78, 5) is 0. The molecule has 1 atom stereocenters. The fraction of sp³-hybridized carbons (Fsp3) is 0.333. The largest absolute Gasteiger partial charge is 0.496 e.